The third-order valence-corrected chi connectivity index (χ3v) is 6.34. The molecule has 1 heterocycles. The van der Waals surface area contributed by atoms with Crippen molar-refractivity contribution in [3.8, 4) is 5.75 Å². The lowest BCUT2D eigenvalue weighted by molar-refractivity contribution is -0.118. The first kappa shape index (κ1) is 21.9. The van der Waals surface area contributed by atoms with Gasteiger partial charge in [-0.3, -0.25) is 9.59 Å². The smallest absolute Gasteiger partial charge is 0.254 e. The molecule has 4 rings (SSSR count). The second-order valence-corrected chi connectivity index (χ2v) is 9.44. The van der Waals surface area contributed by atoms with Crippen LogP contribution in [0.3, 0.4) is 0 Å². The number of hydrogen-bond donors (Lipinski definition) is 2. The summed E-state index contributed by atoms with van der Waals surface area (Å²) in [7, 11) is 1.58. The molecule has 1 aliphatic carbocycles. The standard InChI is InChI=1S/C27H30N2O3/c1-16-10-6-7-11-18(16)24-23(26(31)29-19-12-8-9-13-22(19)32-5)17(2)28-20-14-27(3,4)15-21(30)25(20)24/h6-13,24,28H,14-15H2,1-5H3,(H,29,31). The molecule has 1 amide bonds. The fourth-order valence-electron chi connectivity index (χ4n) is 4.90. The molecule has 0 spiro atoms. The average Bonchev–Trinajstić information content (AvgIpc) is 2.72. The number of para-hydroxylation sites is 2. The van der Waals surface area contributed by atoms with Crippen LogP contribution < -0.4 is 15.4 Å². The Bertz CT molecular complexity index is 1160. The number of carbonyl (C=O) groups excluding carboxylic acids is 2. The Balaban J connectivity index is 1.83. The topological polar surface area (TPSA) is 67.4 Å². The Labute approximate surface area is 189 Å². The van der Waals surface area contributed by atoms with Crippen molar-refractivity contribution in [1.29, 1.82) is 0 Å². The minimum atomic E-state index is -0.411. The molecule has 1 aliphatic heterocycles. The third-order valence-electron chi connectivity index (χ3n) is 6.34. The largest absolute Gasteiger partial charge is 0.495 e. The number of ketones is 1. The Morgan fingerprint density at radius 3 is 2.47 bits per heavy atom. The highest BCUT2D eigenvalue weighted by Crippen LogP contribution is 2.47. The number of Topliss-reactive ketones (excluding diaryl/α,β-unsaturated/α-hetero) is 1. The van der Waals surface area contributed by atoms with E-state index in [4.69, 9.17) is 4.74 Å². The lowest BCUT2D eigenvalue weighted by atomic mass is 9.68. The summed E-state index contributed by atoms with van der Waals surface area (Å²) in [5.41, 5.74) is 5.52. The van der Waals surface area contributed by atoms with Crippen LogP contribution >= 0.6 is 0 Å². The predicted octanol–water partition coefficient (Wildman–Crippen LogP) is 5.25. The first-order chi connectivity index (χ1) is 15.2. The molecule has 0 fully saturated rings. The van der Waals surface area contributed by atoms with Gasteiger partial charge in [0.1, 0.15) is 5.75 Å². The van der Waals surface area contributed by atoms with Crippen molar-refractivity contribution < 1.29 is 14.3 Å². The number of aryl methyl sites for hydroxylation is 1. The maximum atomic E-state index is 13.7. The monoisotopic (exact) mass is 430 g/mol. The summed E-state index contributed by atoms with van der Waals surface area (Å²) in [4.78, 5) is 27.1. The van der Waals surface area contributed by atoms with Crippen LogP contribution in [0, 0.1) is 12.3 Å². The number of allylic oxidation sites excluding steroid dienone is 3. The summed E-state index contributed by atoms with van der Waals surface area (Å²) in [6, 6.07) is 15.3. The van der Waals surface area contributed by atoms with Crippen molar-refractivity contribution >= 4 is 17.4 Å². The average molecular weight is 431 g/mol. The Kier molecular flexibility index (Phi) is 5.68. The van der Waals surface area contributed by atoms with Gasteiger partial charge in [0.25, 0.3) is 5.91 Å². The van der Waals surface area contributed by atoms with E-state index in [0.29, 0.717) is 23.4 Å². The van der Waals surface area contributed by atoms with E-state index in [0.717, 1.165) is 34.5 Å². The number of hydrogen-bond acceptors (Lipinski definition) is 4. The van der Waals surface area contributed by atoms with Gasteiger partial charge < -0.3 is 15.4 Å². The summed E-state index contributed by atoms with van der Waals surface area (Å²) in [5, 5.41) is 6.43. The van der Waals surface area contributed by atoms with E-state index in [2.05, 4.69) is 24.5 Å². The van der Waals surface area contributed by atoms with Gasteiger partial charge in [-0.2, -0.15) is 0 Å². The number of rotatable bonds is 4. The van der Waals surface area contributed by atoms with Gasteiger partial charge in [0, 0.05) is 34.9 Å². The Morgan fingerprint density at radius 2 is 1.75 bits per heavy atom. The molecule has 2 aromatic carbocycles. The van der Waals surface area contributed by atoms with Crippen LogP contribution in [0.4, 0.5) is 5.69 Å². The van der Waals surface area contributed by atoms with Crippen LogP contribution in [-0.4, -0.2) is 18.8 Å². The van der Waals surface area contributed by atoms with Gasteiger partial charge in [-0.1, -0.05) is 50.2 Å². The predicted molar refractivity (Wildman–Crippen MR) is 126 cm³/mol. The second kappa shape index (κ2) is 8.30. The molecule has 2 aliphatic rings. The molecule has 5 nitrogen and oxygen atoms in total. The summed E-state index contributed by atoms with van der Waals surface area (Å²) in [5.74, 6) is 0.0421. The minimum absolute atomic E-state index is 0.104. The van der Waals surface area contributed by atoms with Gasteiger partial charge in [-0.25, -0.2) is 0 Å². The number of nitrogens with one attached hydrogen (secondary N) is 2. The SMILES string of the molecule is COc1ccccc1NC(=O)C1=C(C)NC2=C(C(=O)CC(C)(C)C2)C1c1ccccc1C. The highest BCUT2D eigenvalue weighted by atomic mass is 16.5. The molecule has 1 atom stereocenters. The molecule has 166 valence electrons. The molecule has 5 heteroatoms. The van der Waals surface area contributed by atoms with Crippen LogP contribution in [-0.2, 0) is 9.59 Å². The van der Waals surface area contributed by atoms with Gasteiger partial charge in [0.05, 0.1) is 12.8 Å². The zero-order valence-electron chi connectivity index (χ0n) is 19.3. The maximum Gasteiger partial charge on any atom is 0.254 e. The van der Waals surface area contributed by atoms with E-state index in [1.807, 2.05) is 62.4 Å². The molecule has 0 saturated heterocycles. The van der Waals surface area contributed by atoms with E-state index >= 15 is 0 Å². The molecule has 0 aromatic heterocycles. The van der Waals surface area contributed by atoms with Crippen molar-refractivity contribution in [2.24, 2.45) is 5.41 Å². The molecule has 2 N–H and O–H groups in total. The number of dihydropyridines is 1. The van der Waals surface area contributed by atoms with Crippen molar-refractivity contribution in [1.82, 2.24) is 5.32 Å². The normalized spacial score (nSPS) is 19.9. The van der Waals surface area contributed by atoms with Gasteiger partial charge in [-0.05, 0) is 48.9 Å². The van der Waals surface area contributed by atoms with E-state index in [-0.39, 0.29) is 17.1 Å². The quantitative estimate of drug-likeness (QED) is 0.696. The molecule has 2 aromatic rings. The van der Waals surface area contributed by atoms with Crippen molar-refractivity contribution in [2.75, 3.05) is 12.4 Å². The number of carbonyl (C=O) groups is 2. The van der Waals surface area contributed by atoms with E-state index < -0.39 is 5.92 Å². The molecule has 0 saturated carbocycles. The Morgan fingerprint density at radius 1 is 1.06 bits per heavy atom. The Hall–Kier alpha value is -3.34. The number of benzene rings is 2. The molecule has 32 heavy (non-hydrogen) atoms. The van der Waals surface area contributed by atoms with Crippen molar-refractivity contribution in [3.05, 3.63) is 82.2 Å². The molecular formula is C27H30N2O3. The minimum Gasteiger partial charge on any atom is -0.495 e. The molecule has 0 bridgehead atoms. The molecule has 0 radical (unpaired) electrons. The van der Waals surface area contributed by atoms with Gasteiger partial charge in [-0.15, -0.1) is 0 Å². The maximum absolute atomic E-state index is 13.7. The highest BCUT2D eigenvalue weighted by molar-refractivity contribution is 6.10. The van der Waals surface area contributed by atoms with Crippen LogP contribution in [0.25, 0.3) is 0 Å². The first-order valence-corrected chi connectivity index (χ1v) is 11.0. The fraction of sp³-hybridized carbons (Fsp3) is 0.333. The van der Waals surface area contributed by atoms with Crippen molar-refractivity contribution in [2.45, 2.75) is 46.5 Å². The highest BCUT2D eigenvalue weighted by Gasteiger charge is 2.43. The van der Waals surface area contributed by atoms with Crippen LogP contribution in [0.15, 0.2) is 71.1 Å². The first-order valence-electron chi connectivity index (χ1n) is 11.0. The van der Waals surface area contributed by atoms with Crippen LogP contribution in [0.2, 0.25) is 0 Å². The summed E-state index contributed by atoms with van der Waals surface area (Å²) in [6.07, 6.45) is 1.24. The number of ether oxygens (including phenoxy) is 1. The van der Waals surface area contributed by atoms with Crippen LogP contribution in [0.5, 0.6) is 5.75 Å². The molecule has 1 unspecified atom stereocenters. The van der Waals surface area contributed by atoms with E-state index in [1.54, 1.807) is 7.11 Å². The number of methoxy groups -OCH3 is 1. The zero-order valence-corrected chi connectivity index (χ0v) is 19.3. The molecular weight excluding hydrogens is 400 g/mol. The summed E-state index contributed by atoms with van der Waals surface area (Å²) < 4.78 is 5.41. The van der Waals surface area contributed by atoms with Gasteiger partial charge >= 0.3 is 0 Å². The summed E-state index contributed by atoms with van der Waals surface area (Å²) in [6.45, 7) is 8.17. The number of amides is 1. The van der Waals surface area contributed by atoms with E-state index in [1.165, 1.54) is 0 Å². The lowest BCUT2D eigenvalue weighted by Crippen LogP contribution is -2.39. The van der Waals surface area contributed by atoms with Gasteiger partial charge in [0.15, 0.2) is 5.78 Å². The van der Waals surface area contributed by atoms with Gasteiger partial charge in [0.2, 0.25) is 0 Å². The zero-order chi connectivity index (χ0) is 23.0. The summed E-state index contributed by atoms with van der Waals surface area (Å²) >= 11 is 0. The van der Waals surface area contributed by atoms with E-state index in [9.17, 15) is 9.59 Å². The fourth-order valence-corrected chi connectivity index (χ4v) is 4.90. The van der Waals surface area contributed by atoms with Crippen molar-refractivity contribution in [3.63, 3.8) is 0 Å². The lowest BCUT2D eigenvalue weighted by Gasteiger charge is -2.40. The second-order valence-electron chi connectivity index (χ2n) is 9.44. The van der Waals surface area contributed by atoms with Crippen LogP contribution in [0.1, 0.15) is 50.7 Å². The third kappa shape index (κ3) is 3.95. The number of anilines is 1.